The molecule has 0 saturated carbocycles. The van der Waals surface area contributed by atoms with Crippen LogP contribution in [0.1, 0.15) is 18.9 Å². The topological polar surface area (TPSA) is 3.24 Å². The van der Waals surface area contributed by atoms with E-state index in [0.29, 0.717) is 11.6 Å². The van der Waals surface area contributed by atoms with Gasteiger partial charge < -0.3 is 4.90 Å². The highest BCUT2D eigenvalue weighted by atomic mass is 19.4. The molecule has 16 heavy (non-hydrogen) atoms. The summed E-state index contributed by atoms with van der Waals surface area (Å²) in [6.07, 6.45) is -3.20. The van der Waals surface area contributed by atoms with Crippen LogP contribution in [0.2, 0.25) is 0 Å². The summed E-state index contributed by atoms with van der Waals surface area (Å²) < 4.78 is 37.5. The highest BCUT2D eigenvalue weighted by Gasteiger charge is 2.31. The molecule has 0 radical (unpaired) electrons. The molecule has 0 bridgehead atoms. The molecule has 0 aliphatic carbocycles. The van der Waals surface area contributed by atoms with E-state index in [1.165, 1.54) is 12.1 Å². The number of anilines is 1. The Morgan fingerprint density at radius 2 is 2.06 bits per heavy atom. The number of hydrogen-bond acceptors (Lipinski definition) is 1. The minimum atomic E-state index is -4.25. The summed E-state index contributed by atoms with van der Waals surface area (Å²) in [5.41, 5.74) is 0.115. The quantitative estimate of drug-likeness (QED) is 0.711. The van der Waals surface area contributed by atoms with Crippen molar-refractivity contribution in [3.05, 3.63) is 29.8 Å². The standard InChI is InChI=1S/C12H14F3N/c1-9-5-6-16(8-9)11-4-2-3-10(7-11)12(13,14)15/h2-4,7,9H,5-6,8H2,1H3/t9-/m1/s1. The van der Waals surface area contributed by atoms with Gasteiger partial charge in [-0.2, -0.15) is 13.2 Å². The first kappa shape index (κ1) is 11.3. The van der Waals surface area contributed by atoms with Crippen LogP contribution in [0.4, 0.5) is 18.9 Å². The zero-order chi connectivity index (χ0) is 11.8. The van der Waals surface area contributed by atoms with Crippen LogP contribution in [-0.2, 0) is 6.18 Å². The van der Waals surface area contributed by atoms with Crippen molar-refractivity contribution in [2.45, 2.75) is 19.5 Å². The zero-order valence-corrected chi connectivity index (χ0v) is 9.09. The Kier molecular flexibility index (Phi) is 2.82. The van der Waals surface area contributed by atoms with E-state index in [-0.39, 0.29) is 0 Å². The molecule has 1 heterocycles. The lowest BCUT2D eigenvalue weighted by molar-refractivity contribution is -0.137. The summed E-state index contributed by atoms with van der Waals surface area (Å²) in [5, 5.41) is 0. The van der Waals surface area contributed by atoms with Crippen LogP contribution >= 0.6 is 0 Å². The molecule has 1 fully saturated rings. The van der Waals surface area contributed by atoms with E-state index in [2.05, 4.69) is 6.92 Å². The molecule has 0 unspecified atom stereocenters. The number of alkyl halides is 3. The summed E-state index contributed by atoms with van der Waals surface area (Å²) in [6.45, 7) is 3.82. The Hall–Kier alpha value is -1.19. The van der Waals surface area contributed by atoms with E-state index >= 15 is 0 Å². The Balaban J connectivity index is 2.23. The first-order valence-corrected chi connectivity index (χ1v) is 5.39. The molecule has 0 spiro atoms. The smallest absolute Gasteiger partial charge is 0.371 e. The van der Waals surface area contributed by atoms with Crippen molar-refractivity contribution in [3.8, 4) is 0 Å². The third-order valence-corrected chi connectivity index (χ3v) is 2.96. The van der Waals surface area contributed by atoms with Gasteiger partial charge in [-0.25, -0.2) is 0 Å². The minimum Gasteiger partial charge on any atom is -0.371 e. The first-order valence-electron chi connectivity index (χ1n) is 5.39. The van der Waals surface area contributed by atoms with Gasteiger partial charge in [0, 0.05) is 18.8 Å². The van der Waals surface area contributed by atoms with Crippen LogP contribution in [0.5, 0.6) is 0 Å². The Morgan fingerprint density at radius 3 is 2.62 bits per heavy atom. The molecule has 4 heteroatoms. The maximum atomic E-state index is 12.5. The summed E-state index contributed by atoms with van der Waals surface area (Å²) >= 11 is 0. The number of rotatable bonds is 1. The fourth-order valence-electron chi connectivity index (χ4n) is 2.05. The normalized spacial score (nSPS) is 21.5. The van der Waals surface area contributed by atoms with Crippen LogP contribution in [0.15, 0.2) is 24.3 Å². The fourth-order valence-corrected chi connectivity index (χ4v) is 2.05. The van der Waals surface area contributed by atoms with Gasteiger partial charge in [-0.05, 0) is 30.5 Å². The highest BCUT2D eigenvalue weighted by Crippen LogP contribution is 2.32. The monoisotopic (exact) mass is 229 g/mol. The van der Waals surface area contributed by atoms with Crippen LogP contribution < -0.4 is 4.90 Å². The predicted molar refractivity (Wildman–Crippen MR) is 57.4 cm³/mol. The van der Waals surface area contributed by atoms with Gasteiger partial charge in [0.2, 0.25) is 0 Å². The van der Waals surface area contributed by atoms with Gasteiger partial charge in [-0.15, -0.1) is 0 Å². The number of hydrogen-bond donors (Lipinski definition) is 0. The maximum Gasteiger partial charge on any atom is 0.416 e. The zero-order valence-electron chi connectivity index (χ0n) is 9.09. The van der Waals surface area contributed by atoms with Crippen molar-refractivity contribution in [1.29, 1.82) is 0 Å². The van der Waals surface area contributed by atoms with Gasteiger partial charge in [0.05, 0.1) is 5.56 Å². The first-order chi connectivity index (χ1) is 7.47. The summed E-state index contributed by atoms with van der Waals surface area (Å²) in [7, 11) is 0. The van der Waals surface area contributed by atoms with Crippen molar-refractivity contribution in [2.24, 2.45) is 5.92 Å². The molecule has 0 N–H and O–H groups in total. The van der Waals surface area contributed by atoms with Crippen molar-refractivity contribution in [3.63, 3.8) is 0 Å². The third kappa shape index (κ3) is 2.31. The molecule has 1 aromatic carbocycles. The summed E-state index contributed by atoms with van der Waals surface area (Å²) in [6, 6.07) is 5.56. The Labute approximate surface area is 92.9 Å². The lowest BCUT2D eigenvalue weighted by Gasteiger charge is -2.19. The van der Waals surface area contributed by atoms with Crippen LogP contribution in [0.25, 0.3) is 0 Å². The summed E-state index contributed by atoms with van der Waals surface area (Å²) in [5.74, 6) is 0.564. The molecular formula is C12H14F3N. The van der Waals surface area contributed by atoms with E-state index in [1.807, 2.05) is 4.90 Å². The second-order valence-electron chi connectivity index (χ2n) is 4.39. The second kappa shape index (κ2) is 4.00. The van der Waals surface area contributed by atoms with Crippen LogP contribution in [0, 0.1) is 5.92 Å². The molecule has 1 aromatic rings. The van der Waals surface area contributed by atoms with Gasteiger partial charge in [0.25, 0.3) is 0 Å². The fraction of sp³-hybridized carbons (Fsp3) is 0.500. The molecule has 1 nitrogen and oxygen atoms in total. The van der Waals surface area contributed by atoms with E-state index in [0.717, 1.165) is 25.6 Å². The van der Waals surface area contributed by atoms with Gasteiger partial charge in [0.15, 0.2) is 0 Å². The molecule has 1 aliphatic rings. The van der Waals surface area contributed by atoms with E-state index in [1.54, 1.807) is 6.07 Å². The number of nitrogens with zero attached hydrogens (tertiary/aromatic N) is 1. The largest absolute Gasteiger partial charge is 0.416 e. The molecule has 0 aromatic heterocycles. The SMILES string of the molecule is C[C@@H]1CCN(c2cccc(C(F)(F)F)c2)C1. The van der Waals surface area contributed by atoms with E-state index in [4.69, 9.17) is 0 Å². The second-order valence-corrected chi connectivity index (χ2v) is 4.39. The third-order valence-electron chi connectivity index (χ3n) is 2.96. The molecule has 1 aliphatic heterocycles. The average molecular weight is 229 g/mol. The van der Waals surface area contributed by atoms with Crippen LogP contribution in [0.3, 0.4) is 0 Å². The van der Waals surface area contributed by atoms with Gasteiger partial charge in [0.1, 0.15) is 0 Å². The van der Waals surface area contributed by atoms with E-state index in [9.17, 15) is 13.2 Å². The number of benzene rings is 1. The molecular weight excluding hydrogens is 215 g/mol. The molecule has 0 amide bonds. The van der Waals surface area contributed by atoms with Crippen molar-refractivity contribution in [2.75, 3.05) is 18.0 Å². The van der Waals surface area contributed by atoms with Crippen molar-refractivity contribution in [1.82, 2.24) is 0 Å². The van der Waals surface area contributed by atoms with Crippen LogP contribution in [-0.4, -0.2) is 13.1 Å². The Bertz CT molecular complexity index is 373. The maximum absolute atomic E-state index is 12.5. The molecule has 88 valence electrons. The molecule has 1 atom stereocenters. The van der Waals surface area contributed by atoms with Crippen molar-refractivity contribution < 1.29 is 13.2 Å². The minimum absolute atomic E-state index is 0.564. The molecule has 1 saturated heterocycles. The van der Waals surface area contributed by atoms with E-state index < -0.39 is 11.7 Å². The predicted octanol–water partition coefficient (Wildman–Crippen LogP) is 3.55. The lowest BCUT2D eigenvalue weighted by Crippen LogP contribution is -2.19. The van der Waals surface area contributed by atoms with Crippen molar-refractivity contribution >= 4 is 5.69 Å². The Morgan fingerprint density at radius 1 is 1.31 bits per heavy atom. The summed E-state index contributed by atoms with van der Waals surface area (Å²) in [4.78, 5) is 2.01. The highest BCUT2D eigenvalue weighted by molar-refractivity contribution is 5.50. The average Bonchev–Trinajstić information content (AvgIpc) is 2.64. The van der Waals surface area contributed by atoms with Gasteiger partial charge in [-0.3, -0.25) is 0 Å². The van der Waals surface area contributed by atoms with Gasteiger partial charge >= 0.3 is 6.18 Å². The van der Waals surface area contributed by atoms with Gasteiger partial charge in [-0.1, -0.05) is 13.0 Å². The lowest BCUT2D eigenvalue weighted by atomic mass is 10.1. The molecule has 2 rings (SSSR count). The number of halogens is 3.